The summed E-state index contributed by atoms with van der Waals surface area (Å²) in [6.07, 6.45) is 4.46. The van der Waals surface area contributed by atoms with Crippen molar-refractivity contribution >= 4 is 27.8 Å². The van der Waals surface area contributed by atoms with Gasteiger partial charge < -0.3 is 24.3 Å². The van der Waals surface area contributed by atoms with E-state index in [1.54, 1.807) is 20.5 Å². The number of hydrogen-bond acceptors (Lipinski definition) is 5. The summed E-state index contributed by atoms with van der Waals surface area (Å²) in [4.78, 5) is 18.4. The van der Waals surface area contributed by atoms with Gasteiger partial charge in [-0.3, -0.25) is 0 Å². The van der Waals surface area contributed by atoms with Crippen LogP contribution < -0.4 is 14.4 Å². The summed E-state index contributed by atoms with van der Waals surface area (Å²) < 4.78 is 11.1. The maximum absolute atomic E-state index is 5.63. The molecule has 1 atom stereocenters. The van der Waals surface area contributed by atoms with Crippen molar-refractivity contribution in [1.29, 1.82) is 0 Å². The summed E-state index contributed by atoms with van der Waals surface area (Å²) in [6.45, 7) is 0.838. The van der Waals surface area contributed by atoms with Gasteiger partial charge in [0.1, 0.15) is 17.8 Å². The molecule has 160 valence electrons. The summed E-state index contributed by atoms with van der Waals surface area (Å²) in [7, 11) is 3.33. The van der Waals surface area contributed by atoms with E-state index in [2.05, 4.69) is 56.3 Å². The van der Waals surface area contributed by atoms with Crippen LogP contribution in [0.25, 0.3) is 21.9 Å². The lowest BCUT2D eigenvalue weighted by atomic mass is 9.92. The molecule has 0 amide bonds. The van der Waals surface area contributed by atoms with E-state index in [1.807, 2.05) is 18.3 Å². The Morgan fingerprint density at radius 1 is 0.969 bits per heavy atom. The number of aromatic amines is 2. The van der Waals surface area contributed by atoms with Gasteiger partial charge in [0.2, 0.25) is 0 Å². The zero-order valence-electron chi connectivity index (χ0n) is 17.9. The molecule has 32 heavy (non-hydrogen) atoms. The molecule has 0 saturated heterocycles. The number of hydrogen-bond donors (Lipinski definition) is 2. The standard InChI is InChI=1S/C25H23N5O2/c1-31-20-8-7-15(13-21(20)32-2)23-22-17(16-5-3-4-6-19(16)29-22)10-12-30(23)25-18-9-11-26-24(18)27-14-28-25/h3-9,11,13-14,23,29H,10,12H2,1-2H3,(H,26,27,28). The molecule has 7 heteroatoms. The Hall–Kier alpha value is -4.00. The number of nitrogens with one attached hydrogen (secondary N) is 2. The first-order chi connectivity index (χ1) is 15.8. The fourth-order valence-corrected chi connectivity index (χ4v) is 4.93. The topological polar surface area (TPSA) is 79.1 Å². The van der Waals surface area contributed by atoms with Gasteiger partial charge in [-0.05, 0) is 41.8 Å². The quantitative estimate of drug-likeness (QED) is 0.440. The first kappa shape index (κ1) is 18.7. The zero-order valence-corrected chi connectivity index (χ0v) is 17.9. The zero-order chi connectivity index (χ0) is 21.7. The van der Waals surface area contributed by atoms with Gasteiger partial charge in [-0.2, -0.15) is 0 Å². The van der Waals surface area contributed by atoms with Crippen LogP contribution in [0.3, 0.4) is 0 Å². The maximum atomic E-state index is 5.63. The minimum Gasteiger partial charge on any atom is -0.493 e. The SMILES string of the molecule is COc1ccc(C2c3[nH]c4ccccc4c3CCN2c2ncnc3[nH]ccc23)cc1OC. The molecule has 4 heterocycles. The third-order valence-corrected chi connectivity index (χ3v) is 6.36. The molecule has 1 aliphatic heterocycles. The molecule has 5 aromatic rings. The van der Waals surface area contributed by atoms with E-state index < -0.39 is 0 Å². The van der Waals surface area contributed by atoms with Crippen LogP contribution in [-0.4, -0.2) is 40.7 Å². The van der Waals surface area contributed by atoms with Crippen molar-refractivity contribution in [1.82, 2.24) is 19.9 Å². The van der Waals surface area contributed by atoms with E-state index in [4.69, 9.17) is 14.5 Å². The van der Waals surface area contributed by atoms with Crippen molar-refractivity contribution in [2.24, 2.45) is 0 Å². The molecule has 2 N–H and O–H groups in total. The number of nitrogens with zero attached hydrogens (tertiary/aromatic N) is 3. The lowest BCUT2D eigenvalue weighted by molar-refractivity contribution is 0.354. The smallest absolute Gasteiger partial charge is 0.161 e. The van der Waals surface area contributed by atoms with Gasteiger partial charge in [-0.1, -0.05) is 24.3 Å². The van der Waals surface area contributed by atoms with Crippen molar-refractivity contribution in [3.8, 4) is 11.5 Å². The number of methoxy groups -OCH3 is 2. The second-order valence-electron chi connectivity index (χ2n) is 7.96. The summed E-state index contributed by atoms with van der Waals surface area (Å²) in [6, 6.07) is 16.6. The number of aromatic nitrogens is 4. The second-order valence-corrected chi connectivity index (χ2v) is 7.96. The number of anilines is 1. The number of para-hydroxylation sites is 1. The summed E-state index contributed by atoms with van der Waals surface area (Å²) in [5.74, 6) is 2.34. The molecule has 2 aromatic carbocycles. The fraction of sp³-hybridized carbons (Fsp3) is 0.200. The van der Waals surface area contributed by atoms with Crippen LogP contribution in [0.5, 0.6) is 11.5 Å². The average molecular weight is 425 g/mol. The van der Waals surface area contributed by atoms with Crippen LogP contribution in [-0.2, 0) is 6.42 Å². The van der Waals surface area contributed by atoms with Gasteiger partial charge in [0.15, 0.2) is 11.5 Å². The Morgan fingerprint density at radius 3 is 2.72 bits per heavy atom. The van der Waals surface area contributed by atoms with Crippen LogP contribution in [0.2, 0.25) is 0 Å². The Labute approximate surface area is 185 Å². The fourth-order valence-electron chi connectivity index (χ4n) is 4.93. The lowest BCUT2D eigenvalue weighted by Gasteiger charge is -2.37. The summed E-state index contributed by atoms with van der Waals surface area (Å²) >= 11 is 0. The predicted molar refractivity (Wildman–Crippen MR) is 125 cm³/mol. The minimum absolute atomic E-state index is 0.0565. The molecule has 1 unspecified atom stereocenters. The van der Waals surface area contributed by atoms with Crippen LogP contribution in [0.4, 0.5) is 5.82 Å². The van der Waals surface area contributed by atoms with Crippen molar-refractivity contribution in [3.63, 3.8) is 0 Å². The minimum atomic E-state index is -0.0565. The number of benzene rings is 2. The molecule has 1 aliphatic rings. The highest BCUT2D eigenvalue weighted by Gasteiger charge is 2.34. The van der Waals surface area contributed by atoms with Gasteiger partial charge >= 0.3 is 0 Å². The van der Waals surface area contributed by atoms with Crippen molar-refractivity contribution < 1.29 is 9.47 Å². The monoisotopic (exact) mass is 425 g/mol. The molecule has 0 aliphatic carbocycles. The highest BCUT2D eigenvalue weighted by atomic mass is 16.5. The van der Waals surface area contributed by atoms with Crippen molar-refractivity contribution in [2.75, 3.05) is 25.7 Å². The van der Waals surface area contributed by atoms with Gasteiger partial charge in [0.05, 0.1) is 25.6 Å². The Balaban J connectivity index is 1.59. The molecule has 7 nitrogen and oxygen atoms in total. The Kier molecular flexibility index (Phi) is 4.28. The van der Waals surface area contributed by atoms with Gasteiger partial charge in [-0.15, -0.1) is 0 Å². The van der Waals surface area contributed by atoms with Gasteiger partial charge in [0, 0.05) is 29.3 Å². The molecule has 0 spiro atoms. The molecule has 0 fully saturated rings. The second kappa shape index (κ2) is 7.30. The summed E-state index contributed by atoms with van der Waals surface area (Å²) in [5, 5.41) is 2.29. The van der Waals surface area contributed by atoms with E-state index in [9.17, 15) is 0 Å². The Morgan fingerprint density at radius 2 is 1.84 bits per heavy atom. The first-order valence-electron chi connectivity index (χ1n) is 10.6. The molecule has 0 bridgehead atoms. The van der Waals surface area contributed by atoms with E-state index in [0.717, 1.165) is 40.9 Å². The van der Waals surface area contributed by atoms with Crippen LogP contribution >= 0.6 is 0 Å². The van der Waals surface area contributed by atoms with E-state index in [1.165, 1.54) is 16.6 Å². The number of H-pyrrole nitrogens is 2. The van der Waals surface area contributed by atoms with E-state index in [-0.39, 0.29) is 6.04 Å². The highest BCUT2D eigenvalue weighted by molar-refractivity contribution is 5.89. The normalized spacial score (nSPS) is 15.8. The number of fused-ring (bicyclic) bond motifs is 4. The molecular weight excluding hydrogens is 402 g/mol. The summed E-state index contributed by atoms with van der Waals surface area (Å²) in [5.41, 5.74) is 5.64. The van der Waals surface area contributed by atoms with Crippen molar-refractivity contribution in [3.05, 3.63) is 77.9 Å². The number of rotatable bonds is 4. The van der Waals surface area contributed by atoms with E-state index >= 15 is 0 Å². The molecule has 6 rings (SSSR count). The predicted octanol–water partition coefficient (Wildman–Crippen LogP) is 4.61. The Bertz CT molecular complexity index is 1440. The first-order valence-corrected chi connectivity index (χ1v) is 10.6. The van der Waals surface area contributed by atoms with E-state index in [0.29, 0.717) is 11.5 Å². The van der Waals surface area contributed by atoms with Gasteiger partial charge in [-0.25, -0.2) is 9.97 Å². The molecule has 0 radical (unpaired) electrons. The maximum Gasteiger partial charge on any atom is 0.161 e. The van der Waals surface area contributed by atoms with Crippen molar-refractivity contribution in [2.45, 2.75) is 12.5 Å². The number of ether oxygens (including phenoxy) is 2. The van der Waals surface area contributed by atoms with Crippen LogP contribution in [0, 0.1) is 0 Å². The molecule has 0 saturated carbocycles. The average Bonchev–Trinajstić information content (AvgIpc) is 3.47. The third-order valence-electron chi connectivity index (χ3n) is 6.36. The van der Waals surface area contributed by atoms with Gasteiger partial charge in [0.25, 0.3) is 0 Å². The largest absolute Gasteiger partial charge is 0.493 e. The molecular formula is C25H23N5O2. The highest BCUT2D eigenvalue weighted by Crippen LogP contribution is 2.43. The third kappa shape index (κ3) is 2.74. The lowest BCUT2D eigenvalue weighted by Crippen LogP contribution is -2.37. The van der Waals surface area contributed by atoms with Crippen LogP contribution in [0.15, 0.2) is 61.1 Å². The van der Waals surface area contributed by atoms with Crippen LogP contribution in [0.1, 0.15) is 22.9 Å². The molecule has 3 aromatic heterocycles.